The Morgan fingerprint density at radius 2 is 2.14 bits per heavy atom. The molecule has 0 aromatic heterocycles. The first kappa shape index (κ1) is 14.7. The van der Waals surface area contributed by atoms with Crippen LogP contribution in [0.15, 0.2) is 12.1 Å². The van der Waals surface area contributed by atoms with Gasteiger partial charge in [0.1, 0.15) is 0 Å². The molecule has 1 fully saturated rings. The molecule has 1 aromatic carbocycles. The number of fused-ring (bicyclic) bond motifs is 4. The van der Waals surface area contributed by atoms with Crippen molar-refractivity contribution in [2.45, 2.75) is 38.3 Å². The minimum atomic E-state index is -0.419. The predicted octanol–water partition coefficient (Wildman–Crippen LogP) is 2.27. The van der Waals surface area contributed by atoms with Crippen LogP contribution in [-0.2, 0) is 15.9 Å². The van der Waals surface area contributed by atoms with Crippen LogP contribution in [0.5, 0.6) is 0 Å². The van der Waals surface area contributed by atoms with E-state index in [0.717, 1.165) is 24.0 Å². The summed E-state index contributed by atoms with van der Waals surface area (Å²) in [6, 6.07) is 3.52. The SMILES string of the molecule is CCOC(=O)N1C2CCC1c1cc(C(=O)OC)cc(N)c1C2. The van der Waals surface area contributed by atoms with Crippen LogP contribution in [-0.4, -0.2) is 36.7 Å². The van der Waals surface area contributed by atoms with Gasteiger partial charge in [0, 0.05) is 11.7 Å². The summed E-state index contributed by atoms with van der Waals surface area (Å²) in [5.74, 6) is -0.419. The number of benzene rings is 1. The molecule has 22 heavy (non-hydrogen) atoms. The summed E-state index contributed by atoms with van der Waals surface area (Å²) in [4.78, 5) is 25.8. The highest BCUT2D eigenvalue weighted by atomic mass is 16.6. The van der Waals surface area contributed by atoms with Crippen LogP contribution < -0.4 is 5.73 Å². The van der Waals surface area contributed by atoms with Crippen LogP contribution in [0.4, 0.5) is 10.5 Å². The van der Waals surface area contributed by atoms with Gasteiger partial charge in [-0.15, -0.1) is 0 Å². The number of methoxy groups -OCH3 is 1. The van der Waals surface area contributed by atoms with Crippen molar-refractivity contribution in [3.05, 3.63) is 28.8 Å². The molecule has 3 rings (SSSR count). The standard InChI is InChI=1S/C16H20N2O4/c1-3-22-16(20)18-10-4-5-14(18)12-6-9(15(19)21-2)7-13(17)11(12)8-10/h6-7,10,14H,3-5,8,17H2,1-2H3. The van der Waals surface area contributed by atoms with Crippen molar-refractivity contribution in [2.75, 3.05) is 19.5 Å². The van der Waals surface area contributed by atoms with Crippen molar-refractivity contribution < 1.29 is 19.1 Å². The molecular weight excluding hydrogens is 284 g/mol. The Labute approximate surface area is 129 Å². The van der Waals surface area contributed by atoms with Crippen LogP contribution in [0.2, 0.25) is 0 Å². The summed E-state index contributed by atoms with van der Waals surface area (Å²) in [6.45, 7) is 2.15. The van der Waals surface area contributed by atoms with E-state index in [4.69, 9.17) is 15.2 Å². The minimum Gasteiger partial charge on any atom is -0.465 e. The number of hydrogen-bond acceptors (Lipinski definition) is 5. The maximum absolute atomic E-state index is 12.2. The second kappa shape index (κ2) is 5.51. The van der Waals surface area contributed by atoms with Gasteiger partial charge < -0.3 is 15.2 Å². The number of ether oxygens (including phenoxy) is 2. The molecule has 1 amide bonds. The summed E-state index contributed by atoms with van der Waals surface area (Å²) < 4.78 is 9.95. The fraction of sp³-hybridized carbons (Fsp3) is 0.500. The molecule has 2 atom stereocenters. The highest BCUT2D eigenvalue weighted by Crippen LogP contribution is 2.46. The number of nitrogen functional groups attached to an aromatic ring is 1. The molecule has 2 unspecified atom stereocenters. The topological polar surface area (TPSA) is 81.9 Å². The molecule has 118 valence electrons. The number of anilines is 1. The largest absolute Gasteiger partial charge is 0.465 e. The van der Waals surface area contributed by atoms with Gasteiger partial charge >= 0.3 is 12.1 Å². The first-order valence-electron chi connectivity index (χ1n) is 7.52. The van der Waals surface area contributed by atoms with Gasteiger partial charge in [0.05, 0.1) is 25.3 Å². The molecule has 1 saturated heterocycles. The lowest BCUT2D eigenvalue weighted by Crippen LogP contribution is -2.42. The molecule has 2 aliphatic rings. The molecule has 0 saturated carbocycles. The number of hydrogen-bond donors (Lipinski definition) is 1. The van der Waals surface area contributed by atoms with Crippen LogP contribution in [0.25, 0.3) is 0 Å². The molecule has 0 aliphatic carbocycles. The van der Waals surface area contributed by atoms with Crippen molar-refractivity contribution >= 4 is 17.7 Å². The average molecular weight is 304 g/mol. The van der Waals surface area contributed by atoms with Crippen molar-refractivity contribution in [3.8, 4) is 0 Å². The summed E-state index contributed by atoms with van der Waals surface area (Å²) >= 11 is 0. The van der Waals surface area contributed by atoms with Gasteiger partial charge in [-0.3, -0.25) is 4.90 Å². The third-order valence-electron chi connectivity index (χ3n) is 4.52. The third kappa shape index (κ3) is 2.19. The highest BCUT2D eigenvalue weighted by Gasteiger charge is 2.44. The fourth-order valence-corrected chi connectivity index (χ4v) is 3.58. The van der Waals surface area contributed by atoms with Gasteiger partial charge in [-0.1, -0.05) is 0 Å². The van der Waals surface area contributed by atoms with Crippen molar-refractivity contribution in [1.29, 1.82) is 0 Å². The molecule has 0 radical (unpaired) electrons. The lowest BCUT2D eigenvalue weighted by atomic mass is 9.90. The number of rotatable bonds is 2. The minimum absolute atomic E-state index is 0.0697. The smallest absolute Gasteiger partial charge is 0.410 e. The van der Waals surface area contributed by atoms with Crippen LogP contribution in [0.1, 0.15) is 47.3 Å². The van der Waals surface area contributed by atoms with Crippen LogP contribution in [0.3, 0.4) is 0 Å². The van der Waals surface area contributed by atoms with Gasteiger partial charge in [0.25, 0.3) is 0 Å². The Kier molecular flexibility index (Phi) is 3.68. The van der Waals surface area contributed by atoms with E-state index in [1.165, 1.54) is 7.11 Å². The van der Waals surface area contributed by atoms with Crippen molar-refractivity contribution in [2.24, 2.45) is 0 Å². The molecule has 6 nitrogen and oxygen atoms in total. The molecule has 0 spiro atoms. The molecule has 2 heterocycles. The molecular formula is C16H20N2O4. The molecule has 2 N–H and O–H groups in total. The van der Waals surface area contributed by atoms with Crippen LogP contribution in [0, 0.1) is 0 Å². The predicted molar refractivity (Wildman–Crippen MR) is 80.5 cm³/mol. The lowest BCUT2D eigenvalue weighted by molar-refractivity contribution is 0.0600. The monoisotopic (exact) mass is 304 g/mol. The number of nitrogens with zero attached hydrogens (tertiary/aromatic N) is 1. The maximum Gasteiger partial charge on any atom is 0.410 e. The Bertz CT molecular complexity index is 629. The van der Waals surface area contributed by atoms with E-state index in [-0.39, 0.29) is 18.2 Å². The highest BCUT2D eigenvalue weighted by molar-refractivity contribution is 5.91. The fourth-order valence-electron chi connectivity index (χ4n) is 3.58. The number of nitrogens with two attached hydrogens (primary N) is 1. The molecule has 2 aliphatic heterocycles. The van der Waals surface area contributed by atoms with Gasteiger partial charge in [-0.2, -0.15) is 0 Å². The second-order valence-electron chi connectivity index (χ2n) is 5.68. The van der Waals surface area contributed by atoms with E-state index >= 15 is 0 Å². The first-order chi connectivity index (χ1) is 10.6. The van der Waals surface area contributed by atoms with Gasteiger partial charge in [-0.25, -0.2) is 9.59 Å². The van der Waals surface area contributed by atoms with E-state index in [1.54, 1.807) is 24.0 Å². The van der Waals surface area contributed by atoms with E-state index in [2.05, 4.69) is 0 Å². The Morgan fingerprint density at radius 1 is 1.36 bits per heavy atom. The zero-order chi connectivity index (χ0) is 15.9. The molecule has 6 heteroatoms. The molecule has 2 bridgehead atoms. The number of esters is 1. The molecule has 1 aromatic rings. The van der Waals surface area contributed by atoms with E-state index in [0.29, 0.717) is 24.3 Å². The zero-order valence-corrected chi connectivity index (χ0v) is 12.8. The summed E-state index contributed by atoms with van der Waals surface area (Å²) in [7, 11) is 1.34. The normalized spacial score (nSPS) is 22.2. The van der Waals surface area contributed by atoms with Gasteiger partial charge in [0.15, 0.2) is 0 Å². The Balaban J connectivity index is 2.02. The third-order valence-corrected chi connectivity index (χ3v) is 4.52. The average Bonchev–Trinajstić information content (AvgIpc) is 2.83. The van der Waals surface area contributed by atoms with Gasteiger partial charge in [0.2, 0.25) is 0 Å². The van der Waals surface area contributed by atoms with Crippen LogP contribution >= 0.6 is 0 Å². The van der Waals surface area contributed by atoms with E-state index < -0.39 is 5.97 Å². The van der Waals surface area contributed by atoms with Crippen molar-refractivity contribution in [1.82, 2.24) is 4.90 Å². The number of carbonyl (C=O) groups is 2. The Hall–Kier alpha value is -2.24. The second-order valence-corrected chi connectivity index (χ2v) is 5.68. The summed E-state index contributed by atoms with van der Waals surface area (Å²) in [5.41, 5.74) is 9.13. The summed E-state index contributed by atoms with van der Waals surface area (Å²) in [5, 5.41) is 0. The number of carbonyl (C=O) groups excluding carboxylic acids is 2. The quantitative estimate of drug-likeness (QED) is 0.669. The van der Waals surface area contributed by atoms with E-state index in [1.807, 2.05) is 0 Å². The first-order valence-corrected chi connectivity index (χ1v) is 7.52. The lowest BCUT2D eigenvalue weighted by Gasteiger charge is -2.36. The maximum atomic E-state index is 12.2. The number of amides is 1. The zero-order valence-electron chi connectivity index (χ0n) is 12.8. The van der Waals surface area contributed by atoms with Crippen molar-refractivity contribution in [3.63, 3.8) is 0 Å². The summed E-state index contributed by atoms with van der Waals surface area (Å²) in [6.07, 6.45) is 2.20. The Morgan fingerprint density at radius 3 is 2.82 bits per heavy atom. The van der Waals surface area contributed by atoms with E-state index in [9.17, 15) is 9.59 Å². The van der Waals surface area contributed by atoms with Gasteiger partial charge in [-0.05, 0) is 49.4 Å².